The molecule has 2 rings (SSSR count). The molecule has 0 spiro atoms. The average molecular weight is 307 g/mol. The summed E-state index contributed by atoms with van der Waals surface area (Å²) in [4.78, 5) is 24.4. The summed E-state index contributed by atoms with van der Waals surface area (Å²) < 4.78 is 10.7. The SMILES string of the molecule is COc1cc2c(cc1OC)C(C)N(CC(=O)NC(N)=O)CC2. The molecule has 0 bridgehead atoms. The minimum absolute atomic E-state index is 0.0298. The number of carbonyl (C=O) groups excluding carboxylic acids is 2. The van der Waals surface area contributed by atoms with Gasteiger partial charge in [-0.25, -0.2) is 4.79 Å². The first-order valence-electron chi connectivity index (χ1n) is 7.04. The van der Waals surface area contributed by atoms with Crippen LogP contribution in [-0.2, 0) is 11.2 Å². The Balaban J connectivity index is 2.20. The molecule has 7 heteroatoms. The van der Waals surface area contributed by atoms with Gasteiger partial charge in [-0.3, -0.25) is 15.0 Å². The number of methoxy groups -OCH3 is 2. The highest BCUT2D eigenvalue weighted by atomic mass is 16.5. The molecule has 22 heavy (non-hydrogen) atoms. The first-order valence-corrected chi connectivity index (χ1v) is 7.04. The van der Waals surface area contributed by atoms with Crippen LogP contribution >= 0.6 is 0 Å². The molecule has 1 heterocycles. The summed E-state index contributed by atoms with van der Waals surface area (Å²) in [6.45, 7) is 2.86. The number of rotatable bonds is 4. The molecule has 0 aromatic heterocycles. The molecule has 1 aliphatic heterocycles. The van der Waals surface area contributed by atoms with Crippen molar-refractivity contribution >= 4 is 11.9 Å². The second kappa shape index (κ2) is 6.65. The number of amides is 3. The summed E-state index contributed by atoms with van der Waals surface area (Å²) in [6, 6.07) is 3.12. The topological polar surface area (TPSA) is 93.9 Å². The van der Waals surface area contributed by atoms with E-state index in [1.54, 1.807) is 14.2 Å². The van der Waals surface area contributed by atoms with E-state index in [1.807, 2.05) is 24.0 Å². The Morgan fingerprint density at radius 1 is 1.32 bits per heavy atom. The first-order chi connectivity index (χ1) is 10.5. The largest absolute Gasteiger partial charge is 0.493 e. The van der Waals surface area contributed by atoms with E-state index in [1.165, 1.54) is 5.56 Å². The Morgan fingerprint density at radius 2 is 1.95 bits per heavy atom. The van der Waals surface area contributed by atoms with Crippen molar-refractivity contribution in [2.75, 3.05) is 27.3 Å². The molecule has 0 aliphatic carbocycles. The van der Waals surface area contributed by atoms with Gasteiger partial charge in [-0.15, -0.1) is 0 Å². The van der Waals surface area contributed by atoms with Crippen LogP contribution in [0.1, 0.15) is 24.1 Å². The fourth-order valence-corrected chi connectivity index (χ4v) is 2.77. The van der Waals surface area contributed by atoms with E-state index >= 15 is 0 Å². The summed E-state index contributed by atoms with van der Waals surface area (Å²) >= 11 is 0. The van der Waals surface area contributed by atoms with Crippen molar-refractivity contribution in [1.29, 1.82) is 0 Å². The summed E-state index contributed by atoms with van der Waals surface area (Å²) in [5, 5.41) is 2.09. The minimum atomic E-state index is -0.832. The predicted molar refractivity (Wildman–Crippen MR) is 81.0 cm³/mol. The number of hydrogen-bond acceptors (Lipinski definition) is 5. The van der Waals surface area contributed by atoms with E-state index < -0.39 is 11.9 Å². The molecular weight excluding hydrogens is 286 g/mol. The van der Waals surface area contributed by atoms with Crippen LogP contribution < -0.4 is 20.5 Å². The lowest BCUT2D eigenvalue weighted by atomic mass is 9.93. The Labute approximate surface area is 129 Å². The van der Waals surface area contributed by atoms with Crippen LogP contribution in [0.25, 0.3) is 0 Å². The average Bonchev–Trinajstić information content (AvgIpc) is 2.48. The van der Waals surface area contributed by atoms with Crippen molar-refractivity contribution in [3.05, 3.63) is 23.3 Å². The highest BCUT2D eigenvalue weighted by Gasteiger charge is 2.27. The zero-order valence-electron chi connectivity index (χ0n) is 13.0. The number of nitrogens with zero attached hydrogens (tertiary/aromatic N) is 1. The molecule has 1 unspecified atom stereocenters. The third-order valence-electron chi connectivity index (χ3n) is 3.92. The van der Waals surface area contributed by atoms with Crippen molar-refractivity contribution in [2.24, 2.45) is 5.73 Å². The fourth-order valence-electron chi connectivity index (χ4n) is 2.77. The molecule has 0 saturated heterocycles. The van der Waals surface area contributed by atoms with Gasteiger partial charge in [0.2, 0.25) is 5.91 Å². The molecule has 3 N–H and O–H groups in total. The van der Waals surface area contributed by atoms with Gasteiger partial charge in [-0.05, 0) is 36.6 Å². The van der Waals surface area contributed by atoms with E-state index in [0.717, 1.165) is 18.5 Å². The van der Waals surface area contributed by atoms with Crippen molar-refractivity contribution < 1.29 is 19.1 Å². The van der Waals surface area contributed by atoms with Crippen LogP contribution in [0.4, 0.5) is 4.79 Å². The van der Waals surface area contributed by atoms with Crippen LogP contribution in [-0.4, -0.2) is 44.1 Å². The van der Waals surface area contributed by atoms with Gasteiger partial charge >= 0.3 is 6.03 Å². The second-order valence-corrected chi connectivity index (χ2v) is 5.21. The van der Waals surface area contributed by atoms with Crippen molar-refractivity contribution in [1.82, 2.24) is 10.2 Å². The fraction of sp³-hybridized carbons (Fsp3) is 0.467. The Hall–Kier alpha value is -2.28. The lowest BCUT2D eigenvalue weighted by Crippen LogP contribution is -2.45. The van der Waals surface area contributed by atoms with E-state index in [0.29, 0.717) is 11.5 Å². The number of fused-ring (bicyclic) bond motifs is 1. The highest BCUT2D eigenvalue weighted by molar-refractivity contribution is 5.94. The quantitative estimate of drug-likeness (QED) is 0.859. The van der Waals surface area contributed by atoms with Crippen molar-refractivity contribution in [3.63, 3.8) is 0 Å². The van der Waals surface area contributed by atoms with Crippen LogP contribution in [0.15, 0.2) is 12.1 Å². The number of primary amides is 1. The molecule has 1 atom stereocenters. The molecule has 0 saturated carbocycles. The molecule has 3 amide bonds. The van der Waals surface area contributed by atoms with Gasteiger partial charge in [0.25, 0.3) is 0 Å². The maximum absolute atomic E-state index is 11.7. The highest BCUT2D eigenvalue weighted by Crippen LogP contribution is 2.37. The number of benzene rings is 1. The summed E-state index contributed by atoms with van der Waals surface area (Å²) in [6.07, 6.45) is 0.796. The van der Waals surface area contributed by atoms with Crippen molar-refractivity contribution in [2.45, 2.75) is 19.4 Å². The number of hydrogen-bond donors (Lipinski definition) is 2. The molecule has 1 aromatic rings. The maximum Gasteiger partial charge on any atom is 0.318 e. The smallest absolute Gasteiger partial charge is 0.318 e. The lowest BCUT2D eigenvalue weighted by Gasteiger charge is -2.35. The Morgan fingerprint density at radius 3 is 2.55 bits per heavy atom. The summed E-state index contributed by atoms with van der Waals surface area (Å²) in [7, 11) is 3.20. The molecule has 120 valence electrons. The lowest BCUT2D eigenvalue weighted by molar-refractivity contribution is -0.121. The minimum Gasteiger partial charge on any atom is -0.493 e. The van der Waals surface area contributed by atoms with Gasteiger partial charge in [0, 0.05) is 12.6 Å². The zero-order chi connectivity index (χ0) is 16.3. The third kappa shape index (κ3) is 3.30. The van der Waals surface area contributed by atoms with Crippen LogP contribution in [0.3, 0.4) is 0 Å². The standard InChI is InChI=1S/C15H21N3O4/c1-9-11-7-13(22-3)12(21-2)6-10(11)4-5-18(9)8-14(19)17-15(16)20/h6-7,9H,4-5,8H2,1-3H3,(H3,16,17,19,20). The number of nitrogens with two attached hydrogens (primary N) is 1. The molecule has 1 aliphatic rings. The van der Waals surface area contributed by atoms with Gasteiger partial charge in [0.15, 0.2) is 11.5 Å². The first kappa shape index (κ1) is 16.1. The number of urea groups is 1. The van der Waals surface area contributed by atoms with Gasteiger partial charge in [-0.2, -0.15) is 0 Å². The van der Waals surface area contributed by atoms with Crippen LogP contribution in [0.5, 0.6) is 11.5 Å². The number of nitrogens with one attached hydrogen (secondary N) is 1. The number of imide groups is 1. The predicted octanol–water partition coefficient (Wildman–Crippen LogP) is 0.818. The van der Waals surface area contributed by atoms with Gasteiger partial charge in [0.05, 0.1) is 20.8 Å². The Bertz CT molecular complexity index is 588. The Kier molecular flexibility index (Phi) is 4.87. The molecule has 0 fully saturated rings. The third-order valence-corrected chi connectivity index (χ3v) is 3.92. The summed E-state index contributed by atoms with van der Waals surface area (Å²) in [5.74, 6) is 0.966. The van der Waals surface area contributed by atoms with Gasteiger partial charge in [-0.1, -0.05) is 0 Å². The maximum atomic E-state index is 11.7. The molecule has 7 nitrogen and oxygen atoms in total. The van der Waals surface area contributed by atoms with E-state index in [-0.39, 0.29) is 12.6 Å². The van der Waals surface area contributed by atoms with E-state index in [9.17, 15) is 9.59 Å². The molecule has 1 aromatic carbocycles. The van der Waals surface area contributed by atoms with Crippen LogP contribution in [0, 0.1) is 0 Å². The molecular formula is C15H21N3O4. The zero-order valence-corrected chi connectivity index (χ0v) is 13.0. The van der Waals surface area contributed by atoms with E-state index in [4.69, 9.17) is 15.2 Å². The second-order valence-electron chi connectivity index (χ2n) is 5.21. The van der Waals surface area contributed by atoms with Gasteiger partial charge in [0.1, 0.15) is 0 Å². The molecule has 0 radical (unpaired) electrons. The number of carbonyl (C=O) groups is 2. The monoisotopic (exact) mass is 307 g/mol. The normalized spacial score (nSPS) is 17.5. The van der Waals surface area contributed by atoms with Gasteiger partial charge < -0.3 is 15.2 Å². The van der Waals surface area contributed by atoms with Crippen LogP contribution in [0.2, 0.25) is 0 Å². The summed E-state index contributed by atoms with van der Waals surface area (Å²) in [5.41, 5.74) is 7.23. The van der Waals surface area contributed by atoms with Crippen molar-refractivity contribution in [3.8, 4) is 11.5 Å². The number of ether oxygens (including phenoxy) is 2. The van der Waals surface area contributed by atoms with E-state index in [2.05, 4.69) is 5.32 Å².